The van der Waals surface area contributed by atoms with Gasteiger partial charge in [-0.15, -0.1) is 0 Å². The molecule has 1 aliphatic rings. The zero-order valence-electron chi connectivity index (χ0n) is 23.1. The Morgan fingerprint density at radius 2 is 1.73 bits per heavy atom. The van der Waals surface area contributed by atoms with E-state index in [0.717, 1.165) is 34.0 Å². The van der Waals surface area contributed by atoms with Gasteiger partial charge < -0.3 is 14.8 Å². The first-order valence-electron chi connectivity index (χ1n) is 13.6. The van der Waals surface area contributed by atoms with Crippen LogP contribution in [0.5, 0.6) is 0 Å². The fourth-order valence-corrected chi connectivity index (χ4v) is 5.43. The number of anilines is 1. The monoisotopic (exact) mass is 533 g/mol. The highest BCUT2D eigenvalue weighted by atomic mass is 19.1. The van der Waals surface area contributed by atoms with Gasteiger partial charge >= 0.3 is 6.03 Å². The van der Waals surface area contributed by atoms with E-state index in [4.69, 9.17) is 5.10 Å². The second-order valence-corrected chi connectivity index (χ2v) is 10.7. The summed E-state index contributed by atoms with van der Waals surface area (Å²) in [5.41, 5.74) is 6.85. The summed E-state index contributed by atoms with van der Waals surface area (Å²) in [5.74, 6) is 0.946. The van der Waals surface area contributed by atoms with Crippen molar-refractivity contribution in [2.75, 3.05) is 5.32 Å². The number of aromatic nitrogens is 3. The number of halogens is 1. The number of amides is 2. The van der Waals surface area contributed by atoms with E-state index < -0.39 is 0 Å². The fourth-order valence-electron chi connectivity index (χ4n) is 5.43. The van der Waals surface area contributed by atoms with Gasteiger partial charge in [0.1, 0.15) is 11.6 Å². The molecule has 0 unspecified atom stereocenters. The van der Waals surface area contributed by atoms with Crippen LogP contribution in [0, 0.1) is 19.7 Å². The molecule has 5 aromatic rings. The minimum atomic E-state index is -0.387. The minimum absolute atomic E-state index is 0.311. The van der Waals surface area contributed by atoms with Crippen molar-refractivity contribution >= 4 is 11.7 Å². The maximum absolute atomic E-state index is 14.4. The highest BCUT2D eigenvalue weighted by Gasteiger charge is 2.36. The summed E-state index contributed by atoms with van der Waals surface area (Å²) in [6.45, 7) is 8.34. The average molecular weight is 534 g/mol. The third-order valence-corrected chi connectivity index (χ3v) is 7.69. The van der Waals surface area contributed by atoms with Crippen LogP contribution in [0.4, 0.5) is 14.9 Å². The number of rotatable bonds is 4. The van der Waals surface area contributed by atoms with E-state index >= 15 is 0 Å². The smallest absolute Gasteiger partial charge is 0.308 e. The Bertz CT molecular complexity index is 1680. The number of nitrogens with one attached hydrogen (secondary N) is 1. The van der Waals surface area contributed by atoms with E-state index in [2.05, 4.69) is 54.1 Å². The summed E-state index contributed by atoms with van der Waals surface area (Å²) < 4.78 is 18.5. The molecule has 0 saturated heterocycles. The van der Waals surface area contributed by atoms with Gasteiger partial charge in [0.05, 0.1) is 29.7 Å². The quantitative estimate of drug-likeness (QED) is 0.258. The molecule has 1 atom stereocenters. The maximum Gasteiger partial charge on any atom is 0.322 e. The zero-order chi connectivity index (χ0) is 28.0. The third-order valence-electron chi connectivity index (χ3n) is 7.69. The summed E-state index contributed by atoms with van der Waals surface area (Å²) >= 11 is 0. The number of carbonyl (C=O) groups is 1. The molecule has 0 aliphatic carbocycles. The van der Waals surface area contributed by atoms with Crippen molar-refractivity contribution in [3.8, 4) is 11.5 Å². The van der Waals surface area contributed by atoms with Crippen molar-refractivity contribution < 1.29 is 9.18 Å². The van der Waals surface area contributed by atoms with Crippen LogP contribution in [0.2, 0.25) is 0 Å². The molecular formula is C33H32FN5O. The van der Waals surface area contributed by atoms with Crippen LogP contribution >= 0.6 is 0 Å². The molecule has 6 nitrogen and oxygen atoms in total. The largest absolute Gasteiger partial charge is 0.322 e. The minimum Gasteiger partial charge on any atom is -0.308 e. The molecule has 2 amide bonds. The predicted octanol–water partition coefficient (Wildman–Crippen LogP) is 7.68. The van der Waals surface area contributed by atoms with Crippen molar-refractivity contribution in [3.63, 3.8) is 0 Å². The second kappa shape index (κ2) is 10.2. The van der Waals surface area contributed by atoms with Crippen molar-refractivity contribution in [2.24, 2.45) is 0 Å². The van der Waals surface area contributed by atoms with E-state index in [1.165, 1.54) is 11.6 Å². The number of carbonyl (C=O) groups excluding carboxylic acids is 1. The van der Waals surface area contributed by atoms with Gasteiger partial charge in [-0.25, -0.2) is 13.9 Å². The molecule has 0 bridgehead atoms. The number of benzene rings is 3. The van der Waals surface area contributed by atoms with Crippen molar-refractivity contribution in [2.45, 2.75) is 46.2 Å². The lowest BCUT2D eigenvalue weighted by Gasteiger charge is -2.31. The average Bonchev–Trinajstić information content (AvgIpc) is 3.51. The summed E-state index contributed by atoms with van der Waals surface area (Å²) in [4.78, 5) is 15.9. The Morgan fingerprint density at radius 1 is 0.975 bits per heavy atom. The Labute approximate surface area is 233 Å². The fraction of sp³-hybridized carbons (Fsp3) is 0.212. The molecule has 202 valence electrons. The maximum atomic E-state index is 14.4. The van der Waals surface area contributed by atoms with Crippen LogP contribution < -0.4 is 5.32 Å². The number of fused-ring (bicyclic) bond motifs is 3. The molecule has 1 aliphatic heterocycles. The van der Waals surface area contributed by atoms with Crippen LogP contribution in [0.25, 0.3) is 11.5 Å². The molecule has 3 aromatic carbocycles. The lowest BCUT2D eigenvalue weighted by molar-refractivity contribution is 0.194. The second-order valence-electron chi connectivity index (χ2n) is 10.7. The van der Waals surface area contributed by atoms with Crippen LogP contribution in [0.1, 0.15) is 59.4 Å². The van der Waals surface area contributed by atoms with E-state index in [0.29, 0.717) is 23.7 Å². The van der Waals surface area contributed by atoms with Crippen molar-refractivity contribution in [1.29, 1.82) is 0 Å². The molecule has 3 heterocycles. The van der Waals surface area contributed by atoms with Crippen LogP contribution in [-0.4, -0.2) is 25.3 Å². The van der Waals surface area contributed by atoms with Gasteiger partial charge in [-0.3, -0.25) is 0 Å². The van der Waals surface area contributed by atoms with Crippen molar-refractivity contribution in [3.05, 3.63) is 131 Å². The van der Waals surface area contributed by atoms with E-state index in [1.807, 2.05) is 59.1 Å². The molecule has 1 N–H and O–H groups in total. The lowest BCUT2D eigenvalue weighted by atomic mass is 9.97. The molecule has 2 aromatic heterocycles. The van der Waals surface area contributed by atoms with Crippen molar-refractivity contribution in [1.82, 2.24) is 19.2 Å². The van der Waals surface area contributed by atoms with Gasteiger partial charge in [-0.2, -0.15) is 5.10 Å². The lowest BCUT2D eigenvalue weighted by Crippen LogP contribution is -2.38. The Balaban J connectivity index is 1.51. The highest BCUT2D eigenvalue weighted by molar-refractivity contribution is 5.90. The first-order valence-corrected chi connectivity index (χ1v) is 13.6. The SMILES string of the molecule is Cc1ccc(NC(=O)N2Cc3c(C)nn(-c4ccccc4)c3-n3cccc3[C@@H]2c2ccc(C(C)C)cc2)cc1F. The molecule has 0 saturated carbocycles. The number of aryl methyl sites for hydroxylation is 2. The van der Waals surface area contributed by atoms with Crippen LogP contribution in [-0.2, 0) is 6.54 Å². The summed E-state index contributed by atoms with van der Waals surface area (Å²) in [6, 6.07) is 26.6. The first-order chi connectivity index (χ1) is 19.3. The molecule has 7 heteroatoms. The number of urea groups is 1. The number of hydrogen-bond acceptors (Lipinski definition) is 2. The van der Waals surface area contributed by atoms with E-state index in [1.54, 1.807) is 19.1 Å². The van der Waals surface area contributed by atoms with Gasteiger partial charge in [0.25, 0.3) is 0 Å². The Hall–Kier alpha value is -4.65. The highest BCUT2D eigenvalue weighted by Crippen LogP contribution is 2.39. The van der Waals surface area contributed by atoms with Gasteiger partial charge in [0.2, 0.25) is 0 Å². The molecule has 0 radical (unpaired) electrons. The van der Waals surface area contributed by atoms with Gasteiger partial charge in [0, 0.05) is 17.4 Å². The Kier molecular flexibility index (Phi) is 6.50. The van der Waals surface area contributed by atoms with E-state index in [-0.39, 0.29) is 17.9 Å². The van der Waals surface area contributed by atoms with Gasteiger partial charge in [-0.1, -0.05) is 62.4 Å². The third kappa shape index (κ3) is 4.47. The Morgan fingerprint density at radius 3 is 2.42 bits per heavy atom. The molecule has 40 heavy (non-hydrogen) atoms. The topological polar surface area (TPSA) is 55.1 Å². The number of para-hydroxylation sites is 1. The normalized spacial score (nSPS) is 14.6. The molecular weight excluding hydrogens is 501 g/mol. The standard InChI is InChI=1S/C33H32FN5O/c1-21(2)24-13-15-25(16-14-24)31-30-11-8-18-37(30)32-28(23(4)36-39(32)27-9-6-5-7-10-27)20-38(31)33(40)35-26-17-12-22(3)29(34)19-26/h5-19,21,31H,20H2,1-4H3,(H,35,40)/t31-/m0/s1. The summed E-state index contributed by atoms with van der Waals surface area (Å²) in [6.07, 6.45) is 2.03. The van der Waals surface area contributed by atoms with Crippen LogP contribution in [0.3, 0.4) is 0 Å². The molecule has 6 rings (SSSR count). The van der Waals surface area contributed by atoms with E-state index in [9.17, 15) is 9.18 Å². The zero-order valence-corrected chi connectivity index (χ0v) is 23.1. The van der Waals surface area contributed by atoms with Gasteiger partial charge in [-0.05, 0) is 72.9 Å². The van der Waals surface area contributed by atoms with Crippen LogP contribution in [0.15, 0.2) is 91.1 Å². The first kappa shape index (κ1) is 25.6. The summed E-state index contributed by atoms with van der Waals surface area (Å²) in [7, 11) is 0. The predicted molar refractivity (Wildman–Crippen MR) is 156 cm³/mol. The van der Waals surface area contributed by atoms with Gasteiger partial charge in [0.15, 0.2) is 0 Å². The number of nitrogens with zero attached hydrogens (tertiary/aromatic N) is 4. The number of hydrogen-bond donors (Lipinski definition) is 1. The molecule has 0 fully saturated rings. The molecule has 0 spiro atoms. The summed E-state index contributed by atoms with van der Waals surface area (Å²) in [5, 5.41) is 7.86.